The fraction of sp³-hybridized carbons (Fsp3) is 0.611. The third kappa shape index (κ3) is 7.07. The van der Waals surface area contributed by atoms with Crippen LogP contribution < -0.4 is 14.4 Å². The van der Waals surface area contributed by atoms with Gasteiger partial charge in [0.2, 0.25) is 15.9 Å². The van der Waals surface area contributed by atoms with Gasteiger partial charge < -0.3 is 10.1 Å². The molecule has 0 radical (unpaired) electrons. The molecule has 0 spiro atoms. The van der Waals surface area contributed by atoms with Crippen LogP contribution in [0.1, 0.15) is 34.1 Å². The van der Waals surface area contributed by atoms with Crippen LogP contribution in [0.5, 0.6) is 5.75 Å². The van der Waals surface area contributed by atoms with Crippen molar-refractivity contribution in [3.05, 3.63) is 24.3 Å². The van der Waals surface area contributed by atoms with Crippen LogP contribution in [0.2, 0.25) is 0 Å². The lowest BCUT2D eigenvalue weighted by Crippen LogP contribution is -2.49. The number of nitrogens with one attached hydrogen (secondary N) is 1. The molecule has 0 aliphatic carbocycles. The highest BCUT2D eigenvalue weighted by Gasteiger charge is 2.31. The fourth-order valence-corrected chi connectivity index (χ4v) is 4.47. The first-order chi connectivity index (χ1) is 12.0. The van der Waals surface area contributed by atoms with E-state index in [0.717, 1.165) is 12.0 Å². The maximum absolute atomic E-state index is 12.6. The summed E-state index contributed by atoms with van der Waals surface area (Å²) in [6, 6.07) is 5.85. The van der Waals surface area contributed by atoms with E-state index in [9.17, 15) is 13.2 Å². The molecule has 0 aliphatic rings. The van der Waals surface area contributed by atoms with Gasteiger partial charge in [-0.2, -0.15) is 11.8 Å². The van der Waals surface area contributed by atoms with Crippen LogP contribution in [-0.4, -0.2) is 50.8 Å². The van der Waals surface area contributed by atoms with Gasteiger partial charge in [-0.05, 0) is 30.7 Å². The first kappa shape index (κ1) is 22.6. The van der Waals surface area contributed by atoms with Crippen molar-refractivity contribution in [3.63, 3.8) is 0 Å². The lowest BCUT2D eigenvalue weighted by molar-refractivity contribution is -0.122. The summed E-state index contributed by atoms with van der Waals surface area (Å²) in [5.41, 5.74) is 0.444. The fourth-order valence-electron chi connectivity index (χ4n) is 2.44. The average Bonchev–Trinajstić information content (AvgIpc) is 2.54. The number of carbonyl (C=O) groups excluding carboxylic acids is 1. The minimum atomic E-state index is -3.62. The number of benzene rings is 1. The van der Waals surface area contributed by atoms with Crippen LogP contribution in [0.3, 0.4) is 0 Å². The third-order valence-corrected chi connectivity index (χ3v) is 6.05. The number of hydrogen-bond acceptors (Lipinski definition) is 5. The lowest BCUT2D eigenvalue weighted by Gasteiger charge is -2.30. The number of nitrogens with zero attached hydrogens (tertiary/aromatic N) is 1. The molecule has 1 N–H and O–H groups in total. The van der Waals surface area contributed by atoms with E-state index in [-0.39, 0.29) is 10.7 Å². The predicted molar refractivity (Wildman–Crippen MR) is 110 cm³/mol. The molecule has 148 valence electrons. The number of methoxy groups -OCH3 is 1. The Balaban J connectivity index is 2.93. The molecular weight excluding hydrogens is 372 g/mol. The zero-order valence-corrected chi connectivity index (χ0v) is 18.0. The molecule has 1 atom stereocenters. The number of sulfonamides is 1. The van der Waals surface area contributed by atoms with Gasteiger partial charge >= 0.3 is 0 Å². The summed E-state index contributed by atoms with van der Waals surface area (Å²) in [7, 11) is -2.08. The second-order valence-corrected chi connectivity index (χ2v) is 10.7. The van der Waals surface area contributed by atoms with Crippen molar-refractivity contribution in [1.82, 2.24) is 5.32 Å². The molecule has 0 aliphatic heterocycles. The minimum absolute atomic E-state index is 0.122. The molecule has 1 aromatic rings. The van der Waals surface area contributed by atoms with Gasteiger partial charge in [0.15, 0.2) is 0 Å². The highest BCUT2D eigenvalue weighted by atomic mass is 32.2. The van der Waals surface area contributed by atoms with Gasteiger partial charge in [-0.3, -0.25) is 9.10 Å². The van der Waals surface area contributed by atoms with Gasteiger partial charge in [-0.1, -0.05) is 27.7 Å². The van der Waals surface area contributed by atoms with Crippen molar-refractivity contribution in [3.8, 4) is 5.75 Å². The summed E-state index contributed by atoms with van der Waals surface area (Å²) in [5, 5.41) is 2.86. The van der Waals surface area contributed by atoms with E-state index in [1.165, 1.54) is 4.31 Å². The van der Waals surface area contributed by atoms with E-state index in [1.54, 1.807) is 50.1 Å². The first-order valence-electron chi connectivity index (χ1n) is 8.54. The van der Waals surface area contributed by atoms with Crippen LogP contribution in [-0.2, 0) is 14.8 Å². The molecule has 6 nitrogen and oxygen atoms in total. The molecule has 1 aromatic carbocycles. The van der Waals surface area contributed by atoms with Crippen LogP contribution in [0, 0.1) is 0 Å². The van der Waals surface area contributed by atoms with Crippen molar-refractivity contribution in [1.29, 1.82) is 0 Å². The molecule has 0 saturated carbocycles. The van der Waals surface area contributed by atoms with Crippen molar-refractivity contribution in [2.75, 3.05) is 30.0 Å². The number of ether oxygens (including phenoxy) is 1. The van der Waals surface area contributed by atoms with E-state index in [2.05, 4.69) is 26.1 Å². The molecule has 0 heterocycles. The highest BCUT2D eigenvalue weighted by Crippen LogP contribution is 2.25. The quantitative estimate of drug-likeness (QED) is 0.643. The second-order valence-electron chi connectivity index (χ2n) is 6.93. The van der Waals surface area contributed by atoms with Gasteiger partial charge in [0.1, 0.15) is 11.8 Å². The zero-order chi connectivity index (χ0) is 20.0. The van der Waals surface area contributed by atoms with E-state index in [1.807, 2.05) is 0 Å². The zero-order valence-electron chi connectivity index (χ0n) is 16.4. The molecule has 8 heteroatoms. The van der Waals surface area contributed by atoms with Gasteiger partial charge in [-0.25, -0.2) is 8.42 Å². The summed E-state index contributed by atoms with van der Waals surface area (Å²) in [6.07, 6.45) is 1.49. The topological polar surface area (TPSA) is 75.7 Å². The molecule has 1 rings (SSSR count). The number of amides is 1. The monoisotopic (exact) mass is 402 g/mol. The van der Waals surface area contributed by atoms with Crippen LogP contribution in [0.4, 0.5) is 5.69 Å². The Kier molecular flexibility index (Phi) is 8.27. The summed E-state index contributed by atoms with van der Waals surface area (Å²) in [5.74, 6) is 1.11. The van der Waals surface area contributed by atoms with E-state index < -0.39 is 16.1 Å². The minimum Gasteiger partial charge on any atom is -0.497 e. The Morgan fingerprint density at radius 3 is 2.27 bits per heavy atom. The molecule has 26 heavy (non-hydrogen) atoms. The SMILES string of the molecule is CCC(C(=O)NCCSC(C)(C)C)N(c1ccc(OC)cc1)S(C)(=O)=O. The highest BCUT2D eigenvalue weighted by molar-refractivity contribution is 8.00. The maximum atomic E-state index is 12.6. The van der Waals surface area contributed by atoms with Crippen LogP contribution >= 0.6 is 11.8 Å². The third-order valence-electron chi connectivity index (χ3n) is 3.59. The summed E-state index contributed by atoms with van der Waals surface area (Å²) in [6.45, 7) is 8.64. The predicted octanol–water partition coefficient (Wildman–Crippen LogP) is 2.89. The van der Waals surface area contributed by atoms with Crippen LogP contribution in [0.25, 0.3) is 0 Å². The van der Waals surface area contributed by atoms with E-state index in [0.29, 0.717) is 24.4 Å². The Hall–Kier alpha value is -1.41. The van der Waals surface area contributed by atoms with Crippen molar-refractivity contribution >= 4 is 33.4 Å². The molecule has 1 unspecified atom stereocenters. The molecule has 0 saturated heterocycles. The second kappa shape index (κ2) is 9.50. The molecule has 0 aromatic heterocycles. The van der Waals surface area contributed by atoms with E-state index >= 15 is 0 Å². The molecule has 0 bridgehead atoms. The normalized spacial score (nSPS) is 13.2. The van der Waals surface area contributed by atoms with Gasteiger partial charge in [-0.15, -0.1) is 0 Å². The maximum Gasteiger partial charge on any atom is 0.243 e. The van der Waals surface area contributed by atoms with Gasteiger partial charge in [0.25, 0.3) is 0 Å². The van der Waals surface area contributed by atoms with Gasteiger partial charge in [0.05, 0.1) is 19.1 Å². The smallest absolute Gasteiger partial charge is 0.243 e. The molecule has 0 fully saturated rings. The number of thioether (sulfide) groups is 1. The Labute approximate surface area is 161 Å². The largest absolute Gasteiger partial charge is 0.497 e. The van der Waals surface area contributed by atoms with Gasteiger partial charge in [0, 0.05) is 17.0 Å². The number of anilines is 1. The first-order valence-corrected chi connectivity index (χ1v) is 11.4. The number of carbonyl (C=O) groups is 1. The van der Waals surface area contributed by atoms with E-state index in [4.69, 9.17) is 4.74 Å². The Morgan fingerprint density at radius 2 is 1.85 bits per heavy atom. The molecular formula is C18H30N2O4S2. The summed E-state index contributed by atoms with van der Waals surface area (Å²) >= 11 is 1.75. The lowest BCUT2D eigenvalue weighted by atomic mass is 10.2. The standard InChI is InChI=1S/C18H30N2O4S2/c1-7-16(17(21)19-12-13-25-18(2,3)4)20(26(6,22)23)14-8-10-15(24-5)11-9-14/h8-11,16H,7,12-13H2,1-6H3,(H,19,21). The Morgan fingerprint density at radius 1 is 1.27 bits per heavy atom. The number of rotatable bonds is 9. The van der Waals surface area contributed by atoms with Crippen molar-refractivity contribution in [2.45, 2.75) is 44.9 Å². The number of hydrogen-bond donors (Lipinski definition) is 1. The van der Waals surface area contributed by atoms with Crippen molar-refractivity contribution in [2.24, 2.45) is 0 Å². The average molecular weight is 403 g/mol. The van der Waals surface area contributed by atoms with Crippen molar-refractivity contribution < 1.29 is 17.9 Å². The summed E-state index contributed by atoms with van der Waals surface area (Å²) < 4.78 is 31.1. The molecule has 1 amide bonds. The summed E-state index contributed by atoms with van der Waals surface area (Å²) in [4.78, 5) is 12.6. The van der Waals surface area contributed by atoms with Crippen LogP contribution in [0.15, 0.2) is 24.3 Å². The Bertz CT molecular complexity index is 682.